The number of halogens is 3. The standard InChI is InChI=1S/C17H28F2N4.HI/c1-4-6-10-23(3)11-9-21-17(20-5-2)22-13-14-12-15(18)7-8-16(14)19;/h7-8,12H,4-6,9-11,13H2,1-3H3,(H2,20,21,22);1H. The quantitative estimate of drug-likeness (QED) is 0.342. The molecule has 1 aromatic carbocycles. The van der Waals surface area contributed by atoms with Crippen LogP contribution >= 0.6 is 24.0 Å². The second-order valence-electron chi connectivity index (χ2n) is 5.51. The third-order valence-corrected chi connectivity index (χ3v) is 3.44. The first-order chi connectivity index (χ1) is 11.1. The fourth-order valence-corrected chi connectivity index (χ4v) is 2.08. The number of unbranched alkanes of at least 4 members (excludes halogenated alkanes) is 1. The fourth-order valence-electron chi connectivity index (χ4n) is 2.08. The molecule has 0 saturated carbocycles. The lowest BCUT2D eigenvalue weighted by Gasteiger charge is -2.18. The maximum Gasteiger partial charge on any atom is 0.191 e. The zero-order valence-corrected chi connectivity index (χ0v) is 17.1. The van der Waals surface area contributed by atoms with Crippen LogP contribution in [0.1, 0.15) is 32.3 Å². The molecule has 0 bridgehead atoms. The zero-order chi connectivity index (χ0) is 17.1. The maximum absolute atomic E-state index is 13.6. The van der Waals surface area contributed by atoms with Gasteiger partial charge in [0.05, 0.1) is 6.54 Å². The molecular formula is C17H29F2IN4. The molecule has 0 aromatic heterocycles. The van der Waals surface area contributed by atoms with Gasteiger partial charge in [0.15, 0.2) is 5.96 Å². The van der Waals surface area contributed by atoms with Crippen LogP contribution in [0.25, 0.3) is 0 Å². The van der Waals surface area contributed by atoms with E-state index in [1.54, 1.807) is 0 Å². The van der Waals surface area contributed by atoms with E-state index < -0.39 is 11.6 Å². The van der Waals surface area contributed by atoms with Crippen molar-refractivity contribution in [2.75, 3.05) is 33.2 Å². The number of rotatable bonds is 9. The van der Waals surface area contributed by atoms with E-state index in [1.165, 1.54) is 18.9 Å². The Hall–Kier alpha value is -0.960. The summed E-state index contributed by atoms with van der Waals surface area (Å²) in [5.41, 5.74) is 0.252. The van der Waals surface area contributed by atoms with Gasteiger partial charge in [0, 0.05) is 25.2 Å². The van der Waals surface area contributed by atoms with Gasteiger partial charge < -0.3 is 15.5 Å². The molecule has 0 amide bonds. The van der Waals surface area contributed by atoms with Gasteiger partial charge in [-0.2, -0.15) is 0 Å². The summed E-state index contributed by atoms with van der Waals surface area (Å²) in [5, 5.41) is 6.32. The summed E-state index contributed by atoms with van der Waals surface area (Å²) in [7, 11) is 2.09. The third kappa shape index (κ3) is 9.36. The molecule has 0 fully saturated rings. The number of hydrogen-bond acceptors (Lipinski definition) is 2. The molecule has 138 valence electrons. The van der Waals surface area contributed by atoms with Crippen molar-refractivity contribution in [2.24, 2.45) is 4.99 Å². The predicted molar refractivity (Wildman–Crippen MR) is 107 cm³/mol. The van der Waals surface area contributed by atoms with Crippen molar-refractivity contribution in [3.63, 3.8) is 0 Å². The number of hydrogen-bond donors (Lipinski definition) is 2. The van der Waals surface area contributed by atoms with E-state index in [1.807, 2.05) is 6.92 Å². The molecule has 0 spiro atoms. The van der Waals surface area contributed by atoms with Gasteiger partial charge in [0.1, 0.15) is 11.6 Å². The lowest BCUT2D eigenvalue weighted by atomic mass is 10.2. The minimum Gasteiger partial charge on any atom is -0.357 e. The number of aliphatic imine (C=N–C) groups is 1. The minimum atomic E-state index is -0.452. The molecule has 0 unspecified atom stereocenters. The van der Waals surface area contributed by atoms with E-state index in [0.29, 0.717) is 12.5 Å². The number of nitrogens with zero attached hydrogens (tertiary/aromatic N) is 2. The van der Waals surface area contributed by atoms with Crippen molar-refractivity contribution in [1.82, 2.24) is 15.5 Å². The van der Waals surface area contributed by atoms with E-state index in [0.717, 1.165) is 31.8 Å². The number of nitrogens with one attached hydrogen (secondary N) is 2. The van der Waals surface area contributed by atoms with Crippen molar-refractivity contribution in [3.05, 3.63) is 35.4 Å². The third-order valence-electron chi connectivity index (χ3n) is 3.44. The second kappa shape index (κ2) is 13.3. The monoisotopic (exact) mass is 454 g/mol. The number of benzene rings is 1. The van der Waals surface area contributed by atoms with Crippen molar-refractivity contribution in [1.29, 1.82) is 0 Å². The first kappa shape index (κ1) is 23.0. The molecule has 1 aromatic rings. The Morgan fingerprint density at radius 1 is 1.17 bits per heavy atom. The molecule has 0 aliphatic carbocycles. The van der Waals surface area contributed by atoms with Gasteiger partial charge in [-0.05, 0) is 45.1 Å². The average molecular weight is 454 g/mol. The van der Waals surface area contributed by atoms with Crippen LogP contribution in [0, 0.1) is 11.6 Å². The van der Waals surface area contributed by atoms with Crippen LogP contribution in [-0.2, 0) is 6.54 Å². The van der Waals surface area contributed by atoms with Crippen molar-refractivity contribution in [3.8, 4) is 0 Å². The smallest absolute Gasteiger partial charge is 0.191 e. The Balaban J connectivity index is 0.00000529. The van der Waals surface area contributed by atoms with Gasteiger partial charge in [-0.3, -0.25) is 0 Å². The van der Waals surface area contributed by atoms with Gasteiger partial charge in [0.25, 0.3) is 0 Å². The molecule has 7 heteroatoms. The largest absolute Gasteiger partial charge is 0.357 e. The van der Waals surface area contributed by atoms with E-state index in [-0.39, 0.29) is 36.1 Å². The molecule has 4 nitrogen and oxygen atoms in total. The molecule has 0 radical (unpaired) electrons. The maximum atomic E-state index is 13.6. The molecule has 2 N–H and O–H groups in total. The zero-order valence-electron chi connectivity index (χ0n) is 14.7. The summed E-state index contributed by atoms with van der Waals surface area (Å²) >= 11 is 0. The predicted octanol–water partition coefficient (Wildman–Crippen LogP) is 3.37. The van der Waals surface area contributed by atoms with Gasteiger partial charge >= 0.3 is 0 Å². The fraction of sp³-hybridized carbons (Fsp3) is 0.588. The van der Waals surface area contributed by atoms with Gasteiger partial charge in [-0.15, -0.1) is 24.0 Å². The Kier molecular flexibility index (Phi) is 12.8. The Labute approximate surface area is 161 Å². The summed E-state index contributed by atoms with van der Waals surface area (Å²) in [6, 6.07) is 3.42. The van der Waals surface area contributed by atoms with E-state index in [9.17, 15) is 8.78 Å². The first-order valence-corrected chi connectivity index (χ1v) is 8.21. The molecule has 0 atom stereocenters. The highest BCUT2D eigenvalue weighted by atomic mass is 127. The van der Waals surface area contributed by atoms with Gasteiger partial charge in [-0.25, -0.2) is 13.8 Å². The molecule has 0 aliphatic rings. The highest BCUT2D eigenvalue weighted by Gasteiger charge is 2.04. The van der Waals surface area contributed by atoms with E-state index in [2.05, 4.69) is 34.5 Å². The molecule has 1 rings (SSSR count). The van der Waals surface area contributed by atoms with Crippen LogP contribution < -0.4 is 10.6 Å². The lowest BCUT2D eigenvalue weighted by Crippen LogP contribution is -2.41. The highest BCUT2D eigenvalue weighted by Crippen LogP contribution is 2.10. The Morgan fingerprint density at radius 2 is 1.92 bits per heavy atom. The van der Waals surface area contributed by atoms with Crippen molar-refractivity contribution in [2.45, 2.75) is 33.2 Å². The topological polar surface area (TPSA) is 39.7 Å². The normalized spacial score (nSPS) is 11.3. The summed E-state index contributed by atoms with van der Waals surface area (Å²) < 4.78 is 26.8. The highest BCUT2D eigenvalue weighted by molar-refractivity contribution is 14.0. The molecule has 24 heavy (non-hydrogen) atoms. The van der Waals surface area contributed by atoms with Crippen LogP contribution in [0.5, 0.6) is 0 Å². The number of guanidine groups is 1. The van der Waals surface area contributed by atoms with E-state index in [4.69, 9.17) is 0 Å². The molecular weight excluding hydrogens is 425 g/mol. The number of likely N-dealkylation sites (N-methyl/N-ethyl adjacent to an activating group) is 1. The van der Waals surface area contributed by atoms with Gasteiger partial charge in [0.2, 0.25) is 0 Å². The summed E-state index contributed by atoms with van der Waals surface area (Å²) in [6.45, 7) is 7.67. The van der Waals surface area contributed by atoms with Crippen molar-refractivity contribution < 1.29 is 8.78 Å². The van der Waals surface area contributed by atoms with Gasteiger partial charge in [-0.1, -0.05) is 13.3 Å². The van der Waals surface area contributed by atoms with Crippen LogP contribution in [-0.4, -0.2) is 44.1 Å². The van der Waals surface area contributed by atoms with Crippen LogP contribution in [0.2, 0.25) is 0 Å². The van der Waals surface area contributed by atoms with Crippen LogP contribution in [0.3, 0.4) is 0 Å². The molecule has 0 aliphatic heterocycles. The molecule has 0 saturated heterocycles. The van der Waals surface area contributed by atoms with Crippen molar-refractivity contribution >= 4 is 29.9 Å². The Bertz CT molecular complexity index is 497. The Morgan fingerprint density at radius 3 is 2.58 bits per heavy atom. The summed E-state index contributed by atoms with van der Waals surface area (Å²) in [5.74, 6) is -0.280. The van der Waals surface area contributed by atoms with Crippen LogP contribution in [0.15, 0.2) is 23.2 Å². The summed E-state index contributed by atoms with van der Waals surface area (Å²) in [6.07, 6.45) is 2.37. The van der Waals surface area contributed by atoms with Crippen LogP contribution in [0.4, 0.5) is 8.78 Å². The van der Waals surface area contributed by atoms with E-state index >= 15 is 0 Å². The lowest BCUT2D eigenvalue weighted by molar-refractivity contribution is 0.332. The summed E-state index contributed by atoms with van der Waals surface area (Å²) in [4.78, 5) is 6.57. The SMILES string of the molecule is CCCCN(C)CCNC(=NCc1cc(F)ccc1F)NCC.I. The average Bonchev–Trinajstić information content (AvgIpc) is 2.53. The minimum absolute atomic E-state index is 0. The molecule has 0 heterocycles. The first-order valence-electron chi connectivity index (χ1n) is 8.21. The second-order valence-corrected chi connectivity index (χ2v) is 5.51.